The van der Waals surface area contributed by atoms with Crippen molar-refractivity contribution in [1.29, 1.82) is 0 Å². The Morgan fingerprint density at radius 1 is 0.875 bits per heavy atom. The number of rotatable bonds is 4. The molecular formula is C18H23BO4S. The van der Waals surface area contributed by atoms with E-state index in [2.05, 4.69) is 33.8 Å². The molecular weight excluding hydrogens is 323 g/mol. The van der Waals surface area contributed by atoms with Gasteiger partial charge in [0.05, 0.1) is 31.0 Å². The third kappa shape index (κ3) is 2.83. The Bertz CT molecular complexity index is 700. The Kier molecular flexibility index (Phi) is 4.40. The molecule has 4 nitrogen and oxygen atoms in total. The molecule has 0 aliphatic carbocycles. The summed E-state index contributed by atoms with van der Waals surface area (Å²) >= 11 is 1.63. The average molecular weight is 346 g/mol. The van der Waals surface area contributed by atoms with Crippen LogP contribution in [0.1, 0.15) is 27.7 Å². The predicted molar refractivity (Wildman–Crippen MR) is 98.6 cm³/mol. The molecule has 1 aliphatic heterocycles. The highest BCUT2D eigenvalue weighted by atomic mass is 32.1. The van der Waals surface area contributed by atoms with Gasteiger partial charge in [-0.15, -0.1) is 11.3 Å². The third-order valence-corrected chi connectivity index (χ3v) is 5.91. The molecule has 2 heterocycles. The van der Waals surface area contributed by atoms with Crippen LogP contribution >= 0.6 is 11.3 Å². The molecule has 0 atom stereocenters. The number of methoxy groups -OCH3 is 2. The lowest BCUT2D eigenvalue weighted by molar-refractivity contribution is 0.00578. The highest BCUT2D eigenvalue weighted by Gasteiger charge is 2.52. The van der Waals surface area contributed by atoms with Crippen molar-refractivity contribution in [2.24, 2.45) is 0 Å². The molecule has 6 heteroatoms. The highest BCUT2D eigenvalue weighted by Crippen LogP contribution is 2.41. The minimum Gasteiger partial charge on any atom is -0.496 e. The van der Waals surface area contributed by atoms with Gasteiger partial charge in [-0.1, -0.05) is 12.1 Å². The predicted octanol–water partition coefficient (Wildman–Crippen LogP) is 3.73. The van der Waals surface area contributed by atoms with Crippen molar-refractivity contribution >= 4 is 23.2 Å². The summed E-state index contributed by atoms with van der Waals surface area (Å²) in [6.45, 7) is 8.24. The number of hydrogen-bond donors (Lipinski definition) is 0. The normalized spacial score (nSPS) is 18.7. The molecule has 128 valence electrons. The van der Waals surface area contributed by atoms with E-state index in [0.29, 0.717) is 0 Å². The van der Waals surface area contributed by atoms with Gasteiger partial charge in [-0.05, 0) is 45.9 Å². The zero-order valence-electron chi connectivity index (χ0n) is 15.0. The van der Waals surface area contributed by atoms with Crippen molar-refractivity contribution in [2.75, 3.05) is 14.2 Å². The van der Waals surface area contributed by atoms with E-state index in [1.165, 1.54) is 0 Å². The number of hydrogen-bond acceptors (Lipinski definition) is 5. The van der Waals surface area contributed by atoms with E-state index in [-0.39, 0.29) is 18.3 Å². The summed E-state index contributed by atoms with van der Waals surface area (Å²) in [6, 6.07) is 9.90. The number of ether oxygens (including phenoxy) is 2. The van der Waals surface area contributed by atoms with Crippen molar-refractivity contribution in [3.05, 3.63) is 30.3 Å². The second-order valence-electron chi connectivity index (χ2n) is 6.83. The Hall–Kier alpha value is -1.50. The van der Waals surface area contributed by atoms with Crippen LogP contribution in [0.15, 0.2) is 30.3 Å². The van der Waals surface area contributed by atoms with E-state index in [4.69, 9.17) is 18.8 Å². The fourth-order valence-corrected chi connectivity index (χ4v) is 3.69. The van der Waals surface area contributed by atoms with Crippen molar-refractivity contribution in [1.82, 2.24) is 0 Å². The molecule has 0 unspecified atom stereocenters. The Labute approximate surface area is 147 Å². The second kappa shape index (κ2) is 6.10. The molecule has 0 bridgehead atoms. The van der Waals surface area contributed by atoms with Gasteiger partial charge in [0, 0.05) is 9.65 Å². The fourth-order valence-electron chi connectivity index (χ4n) is 2.67. The number of thiophene rings is 1. The van der Waals surface area contributed by atoms with Crippen LogP contribution in [0.25, 0.3) is 10.4 Å². The van der Waals surface area contributed by atoms with Crippen molar-refractivity contribution < 1.29 is 18.8 Å². The zero-order valence-corrected chi connectivity index (χ0v) is 15.8. The summed E-state index contributed by atoms with van der Waals surface area (Å²) in [5.41, 5.74) is 0.267. The van der Waals surface area contributed by atoms with Gasteiger partial charge in [0.1, 0.15) is 11.5 Å². The molecule has 1 aliphatic rings. The second-order valence-corrected chi connectivity index (χ2v) is 7.94. The van der Waals surface area contributed by atoms with E-state index >= 15 is 0 Å². The van der Waals surface area contributed by atoms with Crippen LogP contribution in [-0.4, -0.2) is 32.5 Å². The first-order valence-electron chi connectivity index (χ1n) is 7.96. The quantitative estimate of drug-likeness (QED) is 0.791. The monoisotopic (exact) mass is 346 g/mol. The molecule has 3 rings (SSSR count). The van der Waals surface area contributed by atoms with E-state index in [9.17, 15) is 0 Å². The molecule has 1 fully saturated rings. The topological polar surface area (TPSA) is 36.9 Å². The first kappa shape index (κ1) is 17.3. The summed E-state index contributed by atoms with van der Waals surface area (Å²) in [5.74, 6) is 1.58. The van der Waals surface area contributed by atoms with Gasteiger partial charge >= 0.3 is 7.12 Å². The minimum atomic E-state index is -0.352. The van der Waals surface area contributed by atoms with E-state index in [0.717, 1.165) is 26.7 Å². The third-order valence-electron chi connectivity index (χ3n) is 4.79. The van der Waals surface area contributed by atoms with E-state index in [1.807, 2.05) is 24.3 Å². The van der Waals surface area contributed by atoms with Crippen LogP contribution in [0.2, 0.25) is 0 Å². The van der Waals surface area contributed by atoms with Gasteiger partial charge < -0.3 is 18.8 Å². The molecule has 1 aromatic heterocycles. The molecule has 0 radical (unpaired) electrons. The summed E-state index contributed by atoms with van der Waals surface area (Å²) < 4.78 is 24.3. The molecule has 1 aromatic carbocycles. The lowest BCUT2D eigenvalue weighted by atomic mass is 9.88. The van der Waals surface area contributed by atoms with Gasteiger partial charge in [-0.25, -0.2) is 0 Å². The standard InChI is InChI=1S/C18H23BO4S/c1-17(2)18(3,4)23-19(22-17)15-11-10-14(24-15)16-12(20-5)8-7-9-13(16)21-6/h7-11H,1-6H3. The maximum Gasteiger partial charge on any atom is 0.505 e. The summed E-state index contributed by atoms with van der Waals surface area (Å²) in [7, 11) is 2.98. The molecule has 2 aromatic rings. The minimum absolute atomic E-state index is 0.343. The van der Waals surface area contributed by atoms with Crippen LogP contribution in [0.3, 0.4) is 0 Å². The molecule has 0 N–H and O–H groups in total. The Morgan fingerprint density at radius 3 is 1.92 bits per heavy atom. The lowest BCUT2D eigenvalue weighted by Crippen LogP contribution is -2.41. The zero-order chi connectivity index (χ0) is 17.5. The largest absolute Gasteiger partial charge is 0.505 e. The van der Waals surface area contributed by atoms with Crippen molar-refractivity contribution in [3.63, 3.8) is 0 Å². The summed E-state index contributed by atoms with van der Waals surface area (Å²) in [4.78, 5) is 1.06. The lowest BCUT2D eigenvalue weighted by Gasteiger charge is -2.32. The first-order chi connectivity index (χ1) is 11.3. The maximum absolute atomic E-state index is 6.14. The van der Waals surface area contributed by atoms with Crippen molar-refractivity contribution in [3.8, 4) is 21.9 Å². The smallest absolute Gasteiger partial charge is 0.496 e. The highest BCUT2D eigenvalue weighted by molar-refractivity contribution is 7.25. The van der Waals surface area contributed by atoms with Crippen LogP contribution in [0, 0.1) is 0 Å². The Morgan fingerprint density at radius 2 is 1.42 bits per heavy atom. The Balaban J connectivity index is 1.96. The van der Waals surface area contributed by atoms with Gasteiger partial charge in [0.15, 0.2) is 0 Å². The molecule has 0 amide bonds. The van der Waals surface area contributed by atoms with Gasteiger partial charge in [0.25, 0.3) is 0 Å². The summed E-state index contributed by atoms with van der Waals surface area (Å²) in [6.07, 6.45) is 0. The van der Waals surface area contributed by atoms with Gasteiger partial charge in [0.2, 0.25) is 0 Å². The molecule has 0 saturated carbocycles. The first-order valence-corrected chi connectivity index (χ1v) is 8.77. The van der Waals surface area contributed by atoms with E-state index < -0.39 is 0 Å². The van der Waals surface area contributed by atoms with Crippen LogP contribution in [-0.2, 0) is 9.31 Å². The molecule has 1 saturated heterocycles. The van der Waals surface area contributed by atoms with Crippen LogP contribution < -0.4 is 14.3 Å². The fraction of sp³-hybridized carbons (Fsp3) is 0.444. The van der Waals surface area contributed by atoms with E-state index in [1.54, 1.807) is 25.6 Å². The van der Waals surface area contributed by atoms with Crippen LogP contribution in [0.4, 0.5) is 0 Å². The van der Waals surface area contributed by atoms with Crippen molar-refractivity contribution in [2.45, 2.75) is 38.9 Å². The van der Waals surface area contributed by atoms with Gasteiger partial charge in [-0.2, -0.15) is 0 Å². The van der Waals surface area contributed by atoms with Crippen LogP contribution in [0.5, 0.6) is 11.5 Å². The summed E-state index contributed by atoms with van der Waals surface area (Å²) in [5, 5.41) is 0. The molecule has 24 heavy (non-hydrogen) atoms. The maximum atomic E-state index is 6.14. The molecule has 0 spiro atoms. The van der Waals surface area contributed by atoms with Gasteiger partial charge in [-0.3, -0.25) is 0 Å². The number of benzene rings is 1. The SMILES string of the molecule is COc1cccc(OC)c1-c1ccc(B2OC(C)(C)C(C)(C)O2)s1. The average Bonchev–Trinajstić information content (AvgIpc) is 3.09.